The first-order valence-corrected chi connectivity index (χ1v) is 3.45. The van der Waals surface area contributed by atoms with Gasteiger partial charge < -0.3 is 30.6 Å². The average Bonchev–Trinajstić information content (AvgIpc) is 2.23. The van der Waals surface area contributed by atoms with Crippen LogP contribution in [0.4, 0.5) is 0 Å². The third-order valence-electron chi connectivity index (χ3n) is 1.50. The second kappa shape index (κ2) is 5.10. The fraction of sp³-hybridized carbons (Fsp3) is 0.833. The van der Waals surface area contributed by atoms with Crippen LogP contribution in [0.1, 0.15) is 0 Å². The van der Waals surface area contributed by atoms with Gasteiger partial charge >= 0.3 is 5.97 Å². The summed E-state index contributed by atoms with van der Waals surface area (Å²) in [5, 5.41) is 47.5. The van der Waals surface area contributed by atoms with Gasteiger partial charge in [-0.1, -0.05) is 0 Å². The summed E-state index contributed by atoms with van der Waals surface area (Å²) in [6.07, 6.45) is -7.79. The van der Waals surface area contributed by atoms with Gasteiger partial charge in [-0.05, 0) is 0 Å². The van der Waals surface area contributed by atoms with Crippen LogP contribution in [0.5, 0.6) is 0 Å². The van der Waals surface area contributed by atoms with Crippen molar-refractivity contribution in [2.75, 3.05) is 6.61 Å². The van der Waals surface area contributed by atoms with Crippen LogP contribution in [0.25, 0.3) is 1.43 Å². The van der Waals surface area contributed by atoms with E-state index in [0.717, 1.165) is 0 Å². The number of aliphatic hydroxyl groups is 5. The number of aliphatic carboxylic acids is 1. The Bertz CT molecular complexity index is 187. The summed E-state index contributed by atoms with van der Waals surface area (Å²) in [4.78, 5) is 10.5. The van der Waals surface area contributed by atoms with E-state index in [-0.39, 0.29) is 0 Å². The van der Waals surface area contributed by atoms with Crippen molar-refractivity contribution < 1.29 is 35.4 Å². The highest BCUT2D eigenvalue weighted by Crippen LogP contribution is 2.04. The molecule has 6 N–H and O–H groups in total. The molecular weight excluding hydrogens is 184 g/mol. The summed E-state index contributed by atoms with van der Waals surface area (Å²) < 4.78 is 6.11. The number of carboxylic acid groups (broad SMARTS) is 1. The first-order chi connectivity index (χ1) is 6.45. The van der Waals surface area contributed by atoms with E-state index in [2.05, 4.69) is 5.11 Å². The molecule has 0 saturated heterocycles. The molecule has 0 bridgehead atoms. The molecule has 0 radical (unpaired) electrons. The number of aliphatic hydroxyl groups excluding tert-OH is 5. The van der Waals surface area contributed by atoms with Crippen LogP contribution in [0.2, 0.25) is 0 Å². The topological polar surface area (TPSA) is 138 Å². The molecule has 0 aliphatic carbocycles. The molecule has 0 rings (SSSR count). The van der Waals surface area contributed by atoms with Gasteiger partial charge in [0.1, 0.15) is 18.3 Å². The van der Waals surface area contributed by atoms with E-state index >= 15 is 0 Å². The lowest BCUT2D eigenvalue weighted by atomic mass is 10.0. The van der Waals surface area contributed by atoms with Crippen molar-refractivity contribution in [3.63, 3.8) is 0 Å². The zero-order valence-electron chi connectivity index (χ0n) is 7.57. The van der Waals surface area contributed by atoms with E-state index in [1.54, 1.807) is 0 Å². The molecule has 7 heteroatoms. The predicted octanol–water partition coefficient (Wildman–Crippen LogP) is -3.49. The van der Waals surface area contributed by atoms with Crippen molar-refractivity contribution in [3.05, 3.63) is 0 Å². The van der Waals surface area contributed by atoms with Gasteiger partial charge in [0.05, 0.1) is 6.61 Å². The second-order valence-corrected chi connectivity index (χ2v) is 2.49. The Hall–Kier alpha value is -0.730. The maximum Gasteiger partial charge on any atom is 0.335 e. The van der Waals surface area contributed by atoms with Gasteiger partial charge in [-0.25, -0.2) is 4.79 Å². The molecule has 0 spiro atoms. The van der Waals surface area contributed by atoms with E-state index in [4.69, 9.17) is 27.0 Å². The largest absolute Gasteiger partial charge is 0.479 e. The van der Waals surface area contributed by atoms with E-state index in [1.165, 1.54) is 0 Å². The minimum Gasteiger partial charge on any atom is -0.479 e. The van der Waals surface area contributed by atoms with E-state index in [9.17, 15) is 4.79 Å². The highest BCUT2D eigenvalue weighted by Gasteiger charge is 2.33. The number of hydrogen-bond donors (Lipinski definition) is 6. The Morgan fingerprint density at radius 3 is 2.15 bits per heavy atom. The van der Waals surface area contributed by atoms with Gasteiger partial charge in [0.2, 0.25) is 0 Å². The first-order valence-electron chi connectivity index (χ1n) is 3.86. The fourth-order valence-electron chi connectivity index (χ4n) is 0.662. The Labute approximate surface area is 75.0 Å². The van der Waals surface area contributed by atoms with E-state index < -0.39 is 37.0 Å². The highest BCUT2D eigenvalue weighted by molar-refractivity contribution is 5.72. The van der Waals surface area contributed by atoms with Crippen LogP contribution in [0, 0.1) is 0 Å². The summed E-state index contributed by atoms with van der Waals surface area (Å²) in [6.45, 7) is -0.846. The van der Waals surface area contributed by atoms with Gasteiger partial charge in [0.25, 0.3) is 1.43 Å². The summed E-state index contributed by atoms with van der Waals surface area (Å²) in [7, 11) is 0. The smallest absolute Gasteiger partial charge is 0.335 e. The maximum atomic E-state index is 10.5. The molecule has 0 aromatic rings. The number of carbonyl (C=O) groups is 1. The van der Waals surface area contributed by atoms with Gasteiger partial charge in [0.15, 0.2) is 6.10 Å². The van der Waals surface area contributed by atoms with E-state index in [1.807, 2.05) is 0 Å². The summed E-state index contributed by atoms with van der Waals surface area (Å²) in [5.74, 6) is -1.47. The second-order valence-electron chi connectivity index (χ2n) is 2.49. The fourth-order valence-corrected chi connectivity index (χ4v) is 0.662. The first kappa shape index (κ1) is 10.4. The molecule has 0 saturated carbocycles. The van der Waals surface area contributed by atoms with Gasteiger partial charge in [-0.2, -0.15) is 0 Å². The molecule has 0 heterocycles. The van der Waals surface area contributed by atoms with Crippen molar-refractivity contribution >= 4 is 5.97 Å². The van der Waals surface area contributed by atoms with Crippen LogP contribution in [-0.4, -0.2) is 67.6 Å². The number of carboxylic acids is 1. The molecular formula is C6H12O7. The van der Waals surface area contributed by atoms with Gasteiger partial charge in [-0.15, -0.1) is 0 Å². The number of hydrogen-bond acceptors (Lipinski definition) is 7. The zero-order valence-corrected chi connectivity index (χ0v) is 6.57. The normalized spacial score (nSPS) is 21.2. The summed E-state index contributed by atoms with van der Waals surface area (Å²) >= 11 is 0. The van der Waals surface area contributed by atoms with Gasteiger partial charge in [-0.3, -0.25) is 0 Å². The van der Waals surface area contributed by atoms with E-state index in [0.29, 0.717) is 0 Å². The molecule has 0 aromatic heterocycles. The molecule has 0 fully saturated rings. The Kier molecular flexibility index (Phi) is 4.06. The van der Waals surface area contributed by atoms with Crippen LogP contribution >= 0.6 is 0 Å². The molecule has 13 heavy (non-hydrogen) atoms. The zero-order chi connectivity index (χ0) is 11.3. The molecule has 78 valence electrons. The molecule has 0 aliphatic rings. The van der Waals surface area contributed by atoms with Crippen molar-refractivity contribution in [2.45, 2.75) is 24.4 Å². The van der Waals surface area contributed by atoms with Crippen LogP contribution < -0.4 is 0 Å². The molecule has 0 amide bonds. The molecule has 0 aromatic carbocycles. The Morgan fingerprint density at radius 1 is 1.23 bits per heavy atom. The van der Waals surface area contributed by atoms with Crippen LogP contribution in [0.15, 0.2) is 0 Å². The molecule has 7 nitrogen and oxygen atoms in total. The minimum atomic E-state index is -2.15. The molecule has 4 atom stereocenters. The average molecular weight is 197 g/mol. The summed E-state index contributed by atoms with van der Waals surface area (Å²) in [6, 6.07) is 0. The minimum absolute atomic E-state index is 0.846. The Morgan fingerprint density at radius 2 is 1.77 bits per heavy atom. The van der Waals surface area contributed by atoms with Crippen molar-refractivity contribution in [3.8, 4) is 0 Å². The lowest BCUT2D eigenvalue weighted by Gasteiger charge is -2.23. The Balaban J connectivity index is 4.30. The highest BCUT2D eigenvalue weighted by atomic mass is 16.4. The SMILES string of the molecule is [2H]OC(=O)[C@H](O)[C@@H](O)[C@@H](O)[C@H](O)CO. The summed E-state index contributed by atoms with van der Waals surface area (Å²) in [5.41, 5.74) is 0. The monoisotopic (exact) mass is 197 g/mol. The number of rotatable bonds is 5. The lowest BCUT2D eigenvalue weighted by Crippen LogP contribution is -2.48. The third-order valence-corrected chi connectivity index (χ3v) is 1.50. The third kappa shape index (κ3) is 3.25. The van der Waals surface area contributed by atoms with Crippen LogP contribution in [0.3, 0.4) is 0 Å². The van der Waals surface area contributed by atoms with Crippen LogP contribution in [-0.2, 0) is 4.79 Å². The molecule has 0 unspecified atom stereocenters. The predicted molar refractivity (Wildman–Crippen MR) is 38.7 cm³/mol. The van der Waals surface area contributed by atoms with Crippen molar-refractivity contribution in [1.82, 2.24) is 0 Å². The lowest BCUT2D eigenvalue weighted by molar-refractivity contribution is -0.164. The van der Waals surface area contributed by atoms with Crippen molar-refractivity contribution in [2.24, 2.45) is 0 Å². The quantitative estimate of drug-likeness (QED) is 0.269. The van der Waals surface area contributed by atoms with Crippen molar-refractivity contribution in [1.29, 1.82) is 1.43 Å². The maximum absolute atomic E-state index is 10.5. The standard InChI is InChI=1S/C6H12O7/c7-1-2(8)3(9)4(10)5(11)6(12)13/h2-5,7-11H,1H2,(H,12,13)/t2-,3+,4+,5-/m1/s1/i/hD. The van der Waals surface area contributed by atoms with Gasteiger partial charge in [0, 0.05) is 0 Å². The molecule has 0 aliphatic heterocycles.